The van der Waals surface area contributed by atoms with Gasteiger partial charge in [-0.3, -0.25) is 14.2 Å². The molecule has 0 aromatic carbocycles. The number of aryl methyl sites for hydroxylation is 2. The minimum atomic E-state index is -4.44. The molecule has 0 unspecified atom stereocenters. The largest absolute Gasteiger partial charge is 0.435 e. The molecule has 7 nitrogen and oxygen atoms in total. The van der Waals surface area contributed by atoms with E-state index >= 15 is 0 Å². The SMILES string of the molecule is Cn1ncc(N)c1C(=O)NCCCn1nc(C(F)(F)F)cc1C1CC1. The first-order valence-corrected chi connectivity index (χ1v) is 7.98. The maximum Gasteiger partial charge on any atom is 0.435 e. The molecule has 0 spiro atoms. The van der Waals surface area contributed by atoms with Crippen LogP contribution < -0.4 is 11.1 Å². The Hall–Kier alpha value is -2.52. The summed E-state index contributed by atoms with van der Waals surface area (Å²) in [6.07, 6.45) is -0.819. The number of nitrogen functional groups attached to an aromatic ring is 1. The van der Waals surface area contributed by atoms with Crippen molar-refractivity contribution in [3.8, 4) is 0 Å². The Balaban J connectivity index is 1.57. The van der Waals surface area contributed by atoms with Gasteiger partial charge in [-0.25, -0.2) is 0 Å². The highest BCUT2D eigenvalue weighted by Gasteiger charge is 2.37. The molecule has 0 bridgehead atoms. The van der Waals surface area contributed by atoms with Crippen molar-refractivity contribution < 1.29 is 18.0 Å². The maximum atomic E-state index is 12.8. The third kappa shape index (κ3) is 3.77. The van der Waals surface area contributed by atoms with E-state index in [4.69, 9.17) is 5.73 Å². The molecular formula is C15H19F3N6O. The lowest BCUT2D eigenvalue weighted by Gasteiger charge is -2.08. The number of alkyl halides is 3. The molecule has 3 N–H and O–H groups in total. The van der Waals surface area contributed by atoms with Gasteiger partial charge in [0.2, 0.25) is 0 Å². The average molecular weight is 356 g/mol. The van der Waals surface area contributed by atoms with Crippen molar-refractivity contribution in [1.82, 2.24) is 24.9 Å². The molecule has 0 saturated heterocycles. The van der Waals surface area contributed by atoms with Crippen LogP contribution in [0.4, 0.5) is 18.9 Å². The smallest absolute Gasteiger partial charge is 0.396 e. The number of halogens is 3. The Kier molecular flexibility index (Phi) is 4.44. The molecule has 0 aliphatic heterocycles. The lowest BCUT2D eigenvalue weighted by molar-refractivity contribution is -0.141. The summed E-state index contributed by atoms with van der Waals surface area (Å²) in [7, 11) is 1.61. The van der Waals surface area contributed by atoms with E-state index in [1.54, 1.807) is 7.05 Å². The molecule has 2 heterocycles. The van der Waals surface area contributed by atoms with E-state index < -0.39 is 11.9 Å². The number of hydrogen-bond acceptors (Lipinski definition) is 4. The molecule has 0 atom stereocenters. The molecule has 1 fully saturated rings. The number of amides is 1. The summed E-state index contributed by atoms with van der Waals surface area (Å²) in [5.41, 5.74) is 5.97. The van der Waals surface area contributed by atoms with E-state index in [1.165, 1.54) is 15.6 Å². The van der Waals surface area contributed by atoms with E-state index in [0.29, 0.717) is 25.2 Å². The lowest BCUT2D eigenvalue weighted by atomic mass is 10.2. The predicted octanol–water partition coefficient (Wildman–Crippen LogP) is 1.92. The maximum absolute atomic E-state index is 12.8. The number of nitrogens with zero attached hydrogens (tertiary/aromatic N) is 4. The normalized spacial score (nSPS) is 14.7. The van der Waals surface area contributed by atoms with Gasteiger partial charge < -0.3 is 11.1 Å². The van der Waals surface area contributed by atoms with Crippen molar-refractivity contribution in [3.05, 3.63) is 29.3 Å². The number of aromatic nitrogens is 4. The van der Waals surface area contributed by atoms with Gasteiger partial charge in [0.25, 0.3) is 5.91 Å². The summed E-state index contributed by atoms with van der Waals surface area (Å²) in [5.74, 6) is -0.205. The molecule has 10 heteroatoms. The fourth-order valence-corrected chi connectivity index (χ4v) is 2.70. The zero-order valence-electron chi connectivity index (χ0n) is 13.7. The summed E-state index contributed by atoms with van der Waals surface area (Å²) in [5, 5.41) is 10.3. The zero-order chi connectivity index (χ0) is 18.2. The van der Waals surface area contributed by atoms with Crippen LogP contribution in [0.1, 0.15) is 47.1 Å². The Morgan fingerprint density at radius 1 is 1.44 bits per heavy atom. The molecule has 1 amide bonds. The number of hydrogen-bond donors (Lipinski definition) is 2. The topological polar surface area (TPSA) is 90.8 Å². The van der Waals surface area contributed by atoms with Gasteiger partial charge in [0.15, 0.2) is 5.69 Å². The van der Waals surface area contributed by atoms with Crippen molar-refractivity contribution in [2.75, 3.05) is 12.3 Å². The molecule has 1 aliphatic carbocycles. The molecule has 25 heavy (non-hydrogen) atoms. The molecule has 2 aromatic heterocycles. The van der Waals surface area contributed by atoms with E-state index in [1.807, 2.05) is 0 Å². The number of carbonyl (C=O) groups excluding carboxylic acids is 1. The van der Waals surface area contributed by atoms with Gasteiger partial charge in [-0.15, -0.1) is 0 Å². The van der Waals surface area contributed by atoms with Gasteiger partial charge in [0.05, 0.1) is 11.9 Å². The molecule has 1 saturated carbocycles. The van der Waals surface area contributed by atoms with Crippen molar-refractivity contribution in [2.24, 2.45) is 7.05 Å². The molecule has 136 valence electrons. The first kappa shape index (κ1) is 17.3. The van der Waals surface area contributed by atoms with Crippen LogP contribution in [0.2, 0.25) is 0 Å². The molecule has 2 aromatic rings. The van der Waals surface area contributed by atoms with Crippen LogP contribution in [-0.4, -0.2) is 32.0 Å². The minimum Gasteiger partial charge on any atom is -0.396 e. The summed E-state index contributed by atoms with van der Waals surface area (Å²) in [6, 6.07) is 1.13. The second-order valence-electron chi connectivity index (χ2n) is 6.13. The van der Waals surface area contributed by atoms with Crippen LogP contribution in [0.15, 0.2) is 12.3 Å². The van der Waals surface area contributed by atoms with Gasteiger partial charge in [-0.1, -0.05) is 0 Å². The number of rotatable bonds is 6. The number of carbonyl (C=O) groups is 1. The molecule has 1 aliphatic rings. The zero-order valence-corrected chi connectivity index (χ0v) is 13.7. The predicted molar refractivity (Wildman–Crippen MR) is 83.8 cm³/mol. The van der Waals surface area contributed by atoms with Crippen LogP contribution in [-0.2, 0) is 19.8 Å². The van der Waals surface area contributed by atoms with Gasteiger partial charge in [-0.2, -0.15) is 23.4 Å². The first-order valence-electron chi connectivity index (χ1n) is 7.98. The second kappa shape index (κ2) is 6.41. The van der Waals surface area contributed by atoms with Crippen LogP contribution in [0, 0.1) is 0 Å². The van der Waals surface area contributed by atoms with Crippen LogP contribution >= 0.6 is 0 Å². The van der Waals surface area contributed by atoms with E-state index in [9.17, 15) is 18.0 Å². The highest BCUT2D eigenvalue weighted by molar-refractivity contribution is 5.97. The summed E-state index contributed by atoms with van der Waals surface area (Å²) in [6.45, 7) is 0.609. The van der Waals surface area contributed by atoms with Crippen molar-refractivity contribution in [2.45, 2.75) is 37.9 Å². The van der Waals surface area contributed by atoms with Gasteiger partial charge in [-0.05, 0) is 25.3 Å². The number of nitrogens with one attached hydrogen (secondary N) is 1. The fraction of sp³-hybridized carbons (Fsp3) is 0.533. The highest BCUT2D eigenvalue weighted by atomic mass is 19.4. The van der Waals surface area contributed by atoms with E-state index in [0.717, 1.165) is 18.9 Å². The summed E-state index contributed by atoms with van der Waals surface area (Å²) in [4.78, 5) is 12.1. The first-order chi connectivity index (χ1) is 11.8. The number of anilines is 1. The van der Waals surface area contributed by atoms with Gasteiger partial charge >= 0.3 is 6.18 Å². The third-order valence-electron chi connectivity index (χ3n) is 4.11. The molecular weight excluding hydrogens is 337 g/mol. The number of nitrogens with two attached hydrogens (primary N) is 1. The van der Waals surface area contributed by atoms with Crippen molar-refractivity contribution in [3.63, 3.8) is 0 Å². The Bertz CT molecular complexity index is 755. The standard InChI is InChI=1S/C15H19F3N6O/c1-23-13(10(19)8-21-23)14(25)20-5-2-6-24-11(9-3-4-9)7-12(22-24)15(16,17)18/h7-9H,2-6,19H2,1H3,(H,20,25). The van der Waals surface area contributed by atoms with Crippen molar-refractivity contribution >= 4 is 11.6 Å². The summed E-state index contributed by atoms with van der Waals surface area (Å²) < 4.78 is 41.3. The average Bonchev–Trinajstić information content (AvgIpc) is 3.19. The summed E-state index contributed by atoms with van der Waals surface area (Å²) >= 11 is 0. The molecule has 3 rings (SSSR count). The fourth-order valence-electron chi connectivity index (χ4n) is 2.70. The van der Waals surface area contributed by atoms with E-state index in [2.05, 4.69) is 15.5 Å². The van der Waals surface area contributed by atoms with Gasteiger partial charge in [0, 0.05) is 31.7 Å². The van der Waals surface area contributed by atoms with Crippen LogP contribution in [0.3, 0.4) is 0 Å². The minimum absolute atomic E-state index is 0.160. The Morgan fingerprint density at radius 2 is 2.16 bits per heavy atom. The van der Waals surface area contributed by atoms with Gasteiger partial charge in [0.1, 0.15) is 5.69 Å². The second-order valence-corrected chi connectivity index (χ2v) is 6.13. The van der Waals surface area contributed by atoms with Crippen molar-refractivity contribution in [1.29, 1.82) is 0 Å². The quantitative estimate of drug-likeness (QED) is 0.774. The van der Waals surface area contributed by atoms with Crippen LogP contribution in [0.5, 0.6) is 0 Å². The van der Waals surface area contributed by atoms with Crippen LogP contribution in [0.25, 0.3) is 0 Å². The lowest BCUT2D eigenvalue weighted by Crippen LogP contribution is -2.28. The molecule has 0 radical (unpaired) electrons. The van der Waals surface area contributed by atoms with E-state index in [-0.39, 0.29) is 23.2 Å². The Labute approximate surface area is 142 Å². The monoisotopic (exact) mass is 356 g/mol. The Morgan fingerprint density at radius 3 is 2.72 bits per heavy atom. The highest BCUT2D eigenvalue weighted by Crippen LogP contribution is 2.42. The third-order valence-corrected chi connectivity index (χ3v) is 4.11.